The third kappa shape index (κ3) is 4.14. The Hall–Kier alpha value is -2.93. The molecule has 1 amide bonds. The molecule has 0 saturated heterocycles. The van der Waals surface area contributed by atoms with E-state index in [1.807, 2.05) is 24.3 Å². The fourth-order valence-electron chi connectivity index (χ4n) is 3.07. The van der Waals surface area contributed by atoms with Gasteiger partial charge in [-0.05, 0) is 29.3 Å². The molecule has 0 aliphatic carbocycles. The zero-order valence-corrected chi connectivity index (χ0v) is 15.7. The van der Waals surface area contributed by atoms with Crippen LogP contribution in [0.4, 0.5) is 4.39 Å². The fourth-order valence-corrected chi connectivity index (χ4v) is 3.23. The van der Waals surface area contributed by atoms with Crippen LogP contribution >= 0.6 is 11.6 Å². The first-order valence-electron chi connectivity index (χ1n) is 8.47. The normalized spacial score (nSPS) is 15.5. The van der Waals surface area contributed by atoms with Gasteiger partial charge in [0.1, 0.15) is 11.9 Å². The highest BCUT2D eigenvalue weighted by molar-refractivity contribution is 6.30. The largest absolute Gasteiger partial charge is 0.467 e. The number of carbonyl (C=O) groups excluding carboxylic acids is 3. The lowest BCUT2D eigenvalue weighted by atomic mass is 9.94. The molecule has 1 aliphatic heterocycles. The Balaban J connectivity index is 1.72. The van der Waals surface area contributed by atoms with Crippen molar-refractivity contribution >= 4 is 29.4 Å². The summed E-state index contributed by atoms with van der Waals surface area (Å²) in [6.07, 6.45) is 0.300. The van der Waals surface area contributed by atoms with Crippen LogP contribution in [0.5, 0.6) is 0 Å². The third-order valence-corrected chi connectivity index (χ3v) is 4.76. The van der Waals surface area contributed by atoms with E-state index in [4.69, 9.17) is 21.1 Å². The Labute approximate surface area is 165 Å². The van der Waals surface area contributed by atoms with Crippen molar-refractivity contribution in [2.24, 2.45) is 0 Å². The number of fused-ring (bicyclic) bond motifs is 1. The monoisotopic (exact) mass is 405 g/mol. The van der Waals surface area contributed by atoms with Crippen molar-refractivity contribution in [1.82, 2.24) is 4.90 Å². The highest BCUT2D eigenvalue weighted by Crippen LogP contribution is 2.24. The second-order valence-electron chi connectivity index (χ2n) is 6.23. The van der Waals surface area contributed by atoms with Crippen LogP contribution in [0.25, 0.3) is 0 Å². The van der Waals surface area contributed by atoms with Crippen molar-refractivity contribution in [2.75, 3.05) is 13.7 Å². The number of ether oxygens (including phenoxy) is 2. The number of halogens is 2. The van der Waals surface area contributed by atoms with Crippen molar-refractivity contribution in [1.29, 1.82) is 0 Å². The summed E-state index contributed by atoms with van der Waals surface area (Å²) in [6, 6.07) is 10.1. The summed E-state index contributed by atoms with van der Waals surface area (Å²) in [5.74, 6) is -2.97. The summed E-state index contributed by atoms with van der Waals surface area (Å²) in [4.78, 5) is 38.2. The van der Waals surface area contributed by atoms with Crippen molar-refractivity contribution in [3.05, 3.63) is 70.0 Å². The molecule has 0 unspecified atom stereocenters. The van der Waals surface area contributed by atoms with Crippen molar-refractivity contribution in [3.63, 3.8) is 0 Å². The average molecular weight is 406 g/mol. The lowest BCUT2D eigenvalue weighted by Crippen LogP contribution is -2.50. The first-order chi connectivity index (χ1) is 13.4. The molecule has 28 heavy (non-hydrogen) atoms. The van der Waals surface area contributed by atoms with Gasteiger partial charge in [-0.25, -0.2) is 14.0 Å². The quantitative estimate of drug-likeness (QED) is 0.731. The molecule has 2 aromatic carbocycles. The molecule has 2 aromatic rings. The second-order valence-corrected chi connectivity index (χ2v) is 6.67. The van der Waals surface area contributed by atoms with Gasteiger partial charge in [-0.15, -0.1) is 0 Å². The minimum absolute atomic E-state index is 0.137. The maximum atomic E-state index is 13.8. The maximum Gasteiger partial charge on any atom is 0.341 e. The zero-order valence-electron chi connectivity index (χ0n) is 15.0. The van der Waals surface area contributed by atoms with Gasteiger partial charge in [0.2, 0.25) is 0 Å². The Morgan fingerprint density at radius 1 is 1.18 bits per heavy atom. The van der Waals surface area contributed by atoms with Gasteiger partial charge in [0.15, 0.2) is 6.61 Å². The van der Waals surface area contributed by atoms with E-state index in [-0.39, 0.29) is 17.1 Å². The Morgan fingerprint density at radius 3 is 2.57 bits per heavy atom. The van der Waals surface area contributed by atoms with Crippen LogP contribution in [0.2, 0.25) is 5.02 Å². The van der Waals surface area contributed by atoms with E-state index in [1.54, 1.807) is 0 Å². The van der Waals surface area contributed by atoms with Gasteiger partial charge in [0.05, 0.1) is 12.7 Å². The summed E-state index contributed by atoms with van der Waals surface area (Å²) >= 11 is 5.65. The van der Waals surface area contributed by atoms with E-state index in [0.29, 0.717) is 6.42 Å². The first kappa shape index (κ1) is 19.8. The zero-order chi connectivity index (χ0) is 20.3. The summed E-state index contributed by atoms with van der Waals surface area (Å²) in [6.45, 7) is -0.446. The van der Waals surface area contributed by atoms with Crippen LogP contribution in [0.1, 0.15) is 21.5 Å². The number of rotatable bonds is 4. The van der Waals surface area contributed by atoms with Crippen LogP contribution in [0.3, 0.4) is 0 Å². The predicted molar refractivity (Wildman–Crippen MR) is 98.2 cm³/mol. The molecule has 0 radical (unpaired) electrons. The summed E-state index contributed by atoms with van der Waals surface area (Å²) in [5, 5.41) is 0.137. The highest BCUT2D eigenvalue weighted by Gasteiger charge is 2.35. The molecule has 0 spiro atoms. The number of amides is 1. The summed E-state index contributed by atoms with van der Waals surface area (Å²) < 4.78 is 23.6. The van der Waals surface area contributed by atoms with E-state index in [9.17, 15) is 18.8 Å². The van der Waals surface area contributed by atoms with Crippen LogP contribution < -0.4 is 0 Å². The summed E-state index contributed by atoms with van der Waals surface area (Å²) in [5.41, 5.74) is 1.51. The van der Waals surface area contributed by atoms with Crippen molar-refractivity contribution in [2.45, 2.75) is 19.0 Å². The first-order valence-corrected chi connectivity index (χ1v) is 8.84. The van der Waals surface area contributed by atoms with E-state index >= 15 is 0 Å². The van der Waals surface area contributed by atoms with Gasteiger partial charge >= 0.3 is 11.9 Å². The van der Waals surface area contributed by atoms with Gasteiger partial charge in [-0.1, -0.05) is 35.9 Å². The lowest BCUT2D eigenvalue weighted by molar-refractivity contribution is -0.155. The Morgan fingerprint density at radius 2 is 1.89 bits per heavy atom. The molecule has 6 nitrogen and oxygen atoms in total. The number of hydrogen-bond donors (Lipinski definition) is 0. The smallest absolute Gasteiger partial charge is 0.341 e. The molecule has 1 atom stereocenters. The van der Waals surface area contributed by atoms with Crippen molar-refractivity contribution < 1.29 is 28.2 Å². The molecule has 1 heterocycles. The van der Waals surface area contributed by atoms with Gasteiger partial charge in [-0.3, -0.25) is 4.79 Å². The van der Waals surface area contributed by atoms with Gasteiger partial charge in [0, 0.05) is 18.0 Å². The maximum absolute atomic E-state index is 13.8. The molecular formula is C20H17ClFNO5. The number of carbonyl (C=O) groups is 3. The number of esters is 2. The standard InChI is InChI=1S/C20H17ClFNO5/c1-27-20(26)17-8-12-4-2-3-5-13(12)10-23(17)18(24)11-28-19(25)15-7-6-14(21)9-16(15)22/h2-7,9,17H,8,10-11H2,1H3/t17-/m1/s1. The molecular weight excluding hydrogens is 389 g/mol. The number of methoxy groups -OCH3 is 1. The number of nitrogens with zero attached hydrogens (tertiary/aromatic N) is 1. The molecule has 1 aliphatic rings. The average Bonchev–Trinajstić information content (AvgIpc) is 2.70. The van der Waals surface area contributed by atoms with Gasteiger partial charge in [0.25, 0.3) is 5.91 Å². The Kier molecular flexibility index (Phi) is 5.94. The molecule has 8 heteroatoms. The van der Waals surface area contributed by atoms with E-state index in [1.165, 1.54) is 24.1 Å². The van der Waals surface area contributed by atoms with Crippen LogP contribution in [-0.2, 0) is 32.0 Å². The topological polar surface area (TPSA) is 72.9 Å². The minimum atomic E-state index is -0.991. The molecule has 3 rings (SSSR count). The molecule has 0 saturated carbocycles. The highest BCUT2D eigenvalue weighted by atomic mass is 35.5. The predicted octanol–water partition coefficient (Wildman–Crippen LogP) is 2.76. The molecule has 0 bridgehead atoms. The molecule has 0 N–H and O–H groups in total. The third-order valence-electron chi connectivity index (χ3n) is 4.52. The Bertz CT molecular complexity index is 933. The number of benzene rings is 2. The summed E-state index contributed by atoms with van der Waals surface area (Å²) in [7, 11) is 1.24. The van der Waals surface area contributed by atoms with Crippen molar-refractivity contribution in [3.8, 4) is 0 Å². The van der Waals surface area contributed by atoms with Gasteiger partial charge < -0.3 is 14.4 Å². The molecule has 146 valence electrons. The van der Waals surface area contributed by atoms with Crippen LogP contribution in [-0.4, -0.2) is 42.5 Å². The van der Waals surface area contributed by atoms with E-state index < -0.39 is 36.3 Å². The molecule has 0 fully saturated rings. The molecule has 0 aromatic heterocycles. The van der Waals surface area contributed by atoms with E-state index in [2.05, 4.69) is 0 Å². The SMILES string of the molecule is COC(=O)[C@H]1Cc2ccccc2CN1C(=O)COC(=O)c1ccc(Cl)cc1F. The van der Waals surface area contributed by atoms with Crippen LogP contribution in [0.15, 0.2) is 42.5 Å². The fraction of sp³-hybridized carbons (Fsp3) is 0.250. The van der Waals surface area contributed by atoms with Crippen LogP contribution in [0, 0.1) is 5.82 Å². The second kappa shape index (κ2) is 8.39. The van der Waals surface area contributed by atoms with Gasteiger partial charge in [-0.2, -0.15) is 0 Å². The minimum Gasteiger partial charge on any atom is -0.467 e. The van der Waals surface area contributed by atoms with E-state index in [0.717, 1.165) is 17.2 Å². The number of hydrogen-bond acceptors (Lipinski definition) is 5. The lowest BCUT2D eigenvalue weighted by Gasteiger charge is -2.35.